The topological polar surface area (TPSA) is 112 Å². The van der Waals surface area contributed by atoms with E-state index in [-0.39, 0.29) is 49.8 Å². The monoisotopic (exact) mass is 516 g/mol. The first-order valence-corrected chi connectivity index (χ1v) is 12.8. The molecule has 3 aliphatic rings. The first-order valence-electron chi connectivity index (χ1n) is 10.9. The molecule has 2 fully saturated rings. The zero-order chi connectivity index (χ0) is 25.5. The van der Waals surface area contributed by atoms with Crippen molar-refractivity contribution in [1.29, 1.82) is 0 Å². The molecule has 2 atom stereocenters. The standard InChI is InChI=1S/C22H26F2N2O8S/c1-22(2)31-12-18(34-22)20(27)25-6-4-13(5-7-25)19-16(23)8-14(9-17(19)24)26-10-15(33-21(26)28)11-32-35(3,29)30/h4,8-9,15,18H,5-7,10-12H2,1-3H3/t15-,18+/m1/s1. The smallest absolute Gasteiger partial charge is 0.414 e. The Bertz CT molecular complexity index is 1150. The summed E-state index contributed by atoms with van der Waals surface area (Å²) in [6.07, 6.45) is 0.175. The van der Waals surface area contributed by atoms with Crippen LogP contribution < -0.4 is 4.90 Å². The average Bonchev–Trinajstić information content (AvgIpc) is 3.33. The fraction of sp³-hybridized carbons (Fsp3) is 0.545. The van der Waals surface area contributed by atoms with E-state index in [4.69, 9.17) is 14.2 Å². The van der Waals surface area contributed by atoms with Gasteiger partial charge in [-0.25, -0.2) is 13.6 Å². The summed E-state index contributed by atoms with van der Waals surface area (Å²) < 4.78 is 72.9. The summed E-state index contributed by atoms with van der Waals surface area (Å²) in [5.41, 5.74) is 0.111. The number of amides is 2. The molecule has 13 heteroatoms. The van der Waals surface area contributed by atoms with Crippen LogP contribution in [0, 0.1) is 11.6 Å². The lowest BCUT2D eigenvalue weighted by Gasteiger charge is -2.29. The predicted molar refractivity (Wildman–Crippen MR) is 119 cm³/mol. The van der Waals surface area contributed by atoms with Gasteiger partial charge in [-0.05, 0) is 38.0 Å². The lowest BCUT2D eigenvalue weighted by Crippen LogP contribution is -2.43. The van der Waals surface area contributed by atoms with E-state index in [1.165, 1.54) is 0 Å². The molecular formula is C22H26F2N2O8S. The van der Waals surface area contributed by atoms with Gasteiger partial charge in [0, 0.05) is 18.7 Å². The third-order valence-corrected chi connectivity index (χ3v) is 6.37. The second-order valence-electron chi connectivity index (χ2n) is 8.97. The van der Waals surface area contributed by atoms with Crippen molar-refractivity contribution in [2.24, 2.45) is 0 Å². The van der Waals surface area contributed by atoms with Crippen molar-refractivity contribution in [3.63, 3.8) is 0 Å². The van der Waals surface area contributed by atoms with Crippen LogP contribution in [0.3, 0.4) is 0 Å². The van der Waals surface area contributed by atoms with E-state index in [2.05, 4.69) is 4.18 Å². The Balaban J connectivity index is 1.44. The number of hydrogen-bond donors (Lipinski definition) is 0. The Morgan fingerprint density at radius 3 is 2.49 bits per heavy atom. The van der Waals surface area contributed by atoms with E-state index in [1.807, 2.05) is 0 Å². The Kier molecular flexibility index (Phi) is 6.88. The molecule has 0 radical (unpaired) electrons. The number of carbonyl (C=O) groups excluding carboxylic acids is 2. The van der Waals surface area contributed by atoms with Gasteiger partial charge >= 0.3 is 6.09 Å². The number of nitrogens with zero attached hydrogens (tertiary/aromatic N) is 2. The van der Waals surface area contributed by atoms with Crippen LogP contribution in [-0.4, -0.2) is 82.4 Å². The second-order valence-corrected chi connectivity index (χ2v) is 10.6. The van der Waals surface area contributed by atoms with Crippen LogP contribution in [0.4, 0.5) is 19.3 Å². The molecule has 1 aromatic carbocycles. The molecule has 0 aromatic heterocycles. The van der Waals surface area contributed by atoms with E-state index < -0.39 is 52.4 Å². The molecule has 0 N–H and O–H groups in total. The van der Waals surface area contributed by atoms with E-state index in [0.717, 1.165) is 23.3 Å². The normalized spacial score (nSPS) is 24.5. The first kappa shape index (κ1) is 25.5. The number of cyclic esters (lactones) is 1. The molecule has 35 heavy (non-hydrogen) atoms. The molecule has 3 heterocycles. The van der Waals surface area contributed by atoms with E-state index in [1.54, 1.807) is 24.8 Å². The Morgan fingerprint density at radius 2 is 1.94 bits per heavy atom. The molecule has 0 unspecified atom stereocenters. The highest BCUT2D eigenvalue weighted by atomic mass is 32.2. The third kappa shape index (κ3) is 5.80. The van der Waals surface area contributed by atoms with Crippen LogP contribution in [0.25, 0.3) is 5.57 Å². The fourth-order valence-electron chi connectivity index (χ4n) is 4.15. The zero-order valence-corrected chi connectivity index (χ0v) is 20.3. The maximum Gasteiger partial charge on any atom is 0.414 e. The summed E-state index contributed by atoms with van der Waals surface area (Å²) in [6, 6.07) is 2.03. The maximum atomic E-state index is 15.0. The van der Waals surface area contributed by atoms with Crippen LogP contribution in [0.5, 0.6) is 0 Å². The molecule has 10 nitrogen and oxygen atoms in total. The number of carbonyl (C=O) groups is 2. The Morgan fingerprint density at radius 1 is 1.26 bits per heavy atom. The summed E-state index contributed by atoms with van der Waals surface area (Å²) >= 11 is 0. The molecule has 0 aliphatic carbocycles. The molecule has 2 amide bonds. The number of hydrogen-bond acceptors (Lipinski definition) is 8. The average molecular weight is 517 g/mol. The van der Waals surface area contributed by atoms with Gasteiger partial charge in [0.15, 0.2) is 11.9 Å². The predicted octanol–water partition coefficient (Wildman–Crippen LogP) is 2.03. The summed E-state index contributed by atoms with van der Waals surface area (Å²) in [7, 11) is -3.74. The quantitative estimate of drug-likeness (QED) is 0.528. The molecule has 0 spiro atoms. The molecular weight excluding hydrogens is 490 g/mol. The van der Waals surface area contributed by atoms with Crippen LogP contribution >= 0.6 is 0 Å². The van der Waals surface area contributed by atoms with E-state index in [9.17, 15) is 26.8 Å². The van der Waals surface area contributed by atoms with Crippen molar-refractivity contribution in [3.05, 3.63) is 35.4 Å². The Hall–Kier alpha value is -2.61. The highest BCUT2D eigenvalue weighted by Crippen LogP contribution is 2.33. The van der Waals surface area contributed by atoms with Gasteiger partial charge in [0.2, 0.25) is 0 Å². The van der Waals surface area contributed by atoms with Crippen molar-refractivity contribution >= 4 is 33.4 Å². The maximum absolute atomic E-state index is 15.0. The van der Waals surface area contributed by atoms with E-state index in [0.29, 0.717) is 5.57 Å². The minimum absolute atomic E-state index is 0.0650. The van der Waals surface area contributed by atoms with Gasteiger partial charge in [0.05, 0.1) is 25.1 Å². The van der Waals surface area contributed by atoms with Crippen molar-refractivity contribution in [1.82, 2.24) is 4.90 Å². The Labute approximate surface area is 201 Å². The van der Waals surface area contributed by atoms with Crippen LogP contribution in [0.15, 0.2) is 18.2 Å². The second kappa shape index (κ2) is 9.45. The number of rotatable bonds is 6. The number of benzene rings is 1. The third-order valence-electron chi connectivity index (χ3n) is 5.81. The molecule has 4 rings (SSSR count). The van der Waals surface area contributed by atoms with Crippen molar-refractivity contribution in [2.75, 3.05) is 44.0 Å². The molecule has 192 valence electrons. The van der Waals surface area contributed by atoms with Gasteiger partial charge in [0.25, 0.3) is 16.0 Å². The molecule has 0 saturated carbocycles. The SMILES string of the molecule is CC1(C)OC[C@@H](C(=O)N2CC=C(c3c(F)cc(N4C[C@H](COS(C)(=O)=O)OC4=O)cc3F)CC2)O1. The molecule has 2 saturated heterocycles. The molecule has 3 aliphatic heterocycles. The fourth-order valence-corrected chi connectivity index (χ4v) is 4.55. The van der Waals surface area contributed by atoms with Crippen molar-refractivity contribution < 1.29 is 45.2 Å². The van der Waals surface area contributed by atoms with Crippen molar-refractivity contribution in [3.8, 4) is 0 Å². The zero-order valence-electron chi connectivity index (χ0n) is 19.5. The first-order chi connectivity index (χ1) is 16.3. The lowest BCUT2D eigenvalue weighted by atomic mass is 9.97. The highest BCUT2D eigenvalue weighted by Gasteiger charge is 2.39. The van der Waals surface area contributed by atoms with Gasteiger partial charge in [-0.15, -0.1) is 0 Å². The van der Waals surface area contributed by atoms with Gasteiger partial charge < -0.3 is 19.1 Å². The minimum Gasteiger partial charge on any atom is -0.441 e. The van der Waals surface area contributed by atoms with Gasteiger partial charge in [-0.3, -0.25) is 13.9 Å². The van der Waals surface area contributed by atoms with Crippen LogP contribution in [0.2, 0.25) is 0 Å². The number of ether oxygens (including phenoxy) is 3. The molecule has 1 aromatic rings. The summed E-state index contributed by atoms with van der Waals surface area (Å²) in [4.78, 5) is 27.4. The van der Waals surface area contributed by atoms with E-state index >= 15 is 0 Å². The van der Waals surface area contributed by atoms with Gasteiger partial charge in [-0.2, -0.15) is 8.42 Å². The van der Waals surface area contributed by atoms with Crippen molar-refractivity contribution in [2.45, 2.75) is 38.3 Å². The lowest BCUT2D eigenvalue weighted by molar-refractivity contribution is -0.159. The van der Waals surface area contributed by atoms with Gasteiger partial charge in [-0.1, -0.05) is 6.08 Å². The summed E-state index contributed by atoms with van der Waals surface area (Å²) in [6.45, 7) is 3.47. The highest BCUT2D eigenvalue weighted by molar-refractivity contribution is 7.85. The van der Waals surface area contributed by atoms with Crippen LogP contribution in [-0.2, 0) is 33.3 Å². The summed E-state index contributed by atoms with van der Waals surface area (Å²) in [5, 5.41) is 0. The minimum atomic E-state index is -3.74. The molecule has 0 bridgehead atoms. The number of anilines is 1. The largest absolute Gasteiger partial charge is 0.441 e. The summed E-state index contributed by atoms with van der Waals surface area (Å²) in [5.74, 6) is -2.83. The van der Waals surface area contributed by atoms with Crippen LogP contribution in [0.1, 0.15) is 25.8 Å². The van der Waals surface area contributed by atoms with Gasteiger partial charge in [0.1, 0.15) is 24.3 Å². The number of halogens is 2.